The molecular formula is C15H20N2O. The van der Waals surface area contributed by atoms with E-state index in [0.29, 0.717) is 6.04 Å². The van der Waals surface area contributed by atoms with E-state index >= 15 is 0 Å². The van der Waals surface area contributed by atoms with Crippen molar-refractivity contribution in [3.8, 4) is 0 Å². The van der Waals surface area contributed by atoms with E-state index in [-0.39, 0.29) is 11.4 Å². The van der Waals surface area contributed by atoms with Crippen molar-refractivity contribution < 1.29 is 4.79 Å². The molecule has 1 heterocycles. The number of carbonyl (C=O) groups excluding carboxylic acids is 1. The fourth-order valence-electron chi connectivity index (χ4n) is 3.34. The number of para-hydroxylation sites is 1. The Morgan fingerprint density at radius 1 is 1.33 bits per heavy atom. The van der Waals surface area contributed by atoms with Crippen LogP contribution in [0.2, 0.25) is 0 Å². The molecule has 1 aliphatic carbocycles. The molecule has 1 amide bonds. The Kier molecular flexibility index (Phi) is 2.40. The molecule has 2 aliphatic rings. The highest BCUT2D eigenvalue weighted by molar-refractivity contribution is 6.08. The summed E-state index contributed by atoms with van der Waals surface area (Å²) in [6.45, 7) is 6.39. The molecule has 0 bridgehead atoms. The Morgan fingerprint density at radius 2 is 2.06 bits per heavy atom. The highest BCUT2D eigenvalue weighted by atomic mass is 16.2. The van der Waals surface area contributed by atoms with E-state index in [9.17, 15) is 4.79 Å². The average molecular weight is 244 g/mol. The second-order valence-electron chi connectivity index (χ2n) is 5.77. The van der Waals surface area contributed by atoms with Gasteiger partial charge in [-0.3, -0.25) is 4.79 Å². The molecule has 3 nitrogen and oxygen atoms in total. The molecule has 3 rings (SSSR count). The van der Waals surface area contributed by atoms with Crippen LogP contribution in [0.1, 0.15) is 38.7 Å². The second-order valence-corrected chi connectivity index (χ2v) is 5.77. The molecule has 0 saturated heterocycles. The van der Waals surface area contributed by atoms with Crippen LogP contribution in [0.5, 0.6) is 0 Å². The van der Waals surface area contributed by atoms with Crippen molar-refractivity contribution >= 4 is 17.3 Å². The fourth-order valence-corrected chi connectivity index (χ4v) is 3.34. The summed E-state index contributed by atoms with van der Waals surface area (Å²) in [7, 11) is 0. The second kappa shape index (κ2) is 3.74. The van der Waals surface area contributed by atoms with Crippen molar-refractivity contribution in [2.45, 2.75) is 51.6 Å². The zero-order valence-corrected chi connectivity index (χ0v) is 11.3. The first-order chi connectivity index (χ1) is 8.56. The summed E-state index contributed by atoms with van der Waals surface area (Å²) in [6.07, 6.45) is 3.10. The van der Waals surface area contributed by atoms with E-state index < -0.39 is 0 Å². The minimum absolute atomic E-state index is 0.184. The highest BCUT2D eigenvalue weighted by Crippen LogP contribution is 2.48. The van der Waals surface area contributed by atoms with Crippen LogP contribution in [0.25, 0.3) is 0 Å². The summed E-state index contributed by atoms with van der Waals surface area (Å²) in [5.41, 5.74) is 3.04. The molecule has 1 aromatic rings. The lowest BCUT2D eigenvalue weighted by molar-refractivity contribution is -0.124. The third kappa shape index (κ3) is 1.33. The van der Waals surface area contributed by atoms with Gasteiger partial charge in [0.1, 0.15) is 5.54 Å². The van der Waals surface area contributed by atoms with Gasteiger partial charge in [0, 0.05) is 6.04 Å². The topological polar surface area (TPSA) is 32.3 Å². The standard InChI is InChI=1S/C15H20N2O/c1-10(2)17-12-7-4-6-11(3)13(12)16-14(18)15(17)8-5-9-15/h4,6-7,10H,5,8-9H2,1-3H3,(H,16,18). The Hall–Kier alpha value is -1.51. The fraction of sp³-hybridized carbons (Fsp3) is 0.533. The van der Waals surface area contributed by atoms with Gasteiger partial charge in [-0.2, -0.15) is 0 Å². The summed E-state index contributed by atoms with van der Waals surface area (Å²) < 4.78 is 0. The van der Waals surface area contributed by atoms with Crippen molar-refractivity contribution in [1.29, 1.82) is 0 Å². The summed E-state index contributed by atoms with van der Waals surface area (Å²) in [5, 5.41) is 3.13. The third-order valence-corrected chi connectivity index (χ3v) is 4.33. The predicted octanol–water partition coefficient (Wildman–Crippen LogP) is 3.08. The molecule has 1 spiro atoms. The SMILES string of the molecule is Cc1cccc2c1NC(=O)C1(CCC1)N2C(C)C. The lowest BCUT2D eigenvalue weighted by Crippen LogP contribution is -2.65. The smallest absolute Gasteiger partial charge is 0.250 e. The lowest BCUT2D eigenvalue weighted by Gasteiger charge is -2.55. The maximum absolute atomic E-state index is 12.5. The third-order valence-electron chi connectivity index (χ3n) is 4.33. The van der Waals surface area contributed by atoms with Crippen molar-refractivity contribution in [3.05, 3.63) is 23.8 Å². The Labute approximate surface area is 108 Å². The molecule has 18 heavy (non-hydrogen) atoms. The summed E-state index contributed by atoms with van der Waals surface area (Å²) in [5.74, 6) is 0.184. The maximum Gasteiger partial charge on any atom is 0.250 e. The van der Waals surface area contributed by atoms with E-state index in [1.807, 2.05) is 0 Å². The van der Waals surface area contributed by atoms with Crippen LogP contribution in [0.4, 0.5) is 11.4 Å². The molecule has 0 aromatic heterocycles. The number of hydrogen-bond donors (Lipinski definition) is 1. The molecule has 1 fully saturated rings. The van der Waals surface area contributed by atoms with Crippen molar-refractivity contribution in [2.24, 2.45) is 0 Å². The van der Waals surface area contributed by atoms with Gasteiger partial charge >= 0.3 is 0 Å². The van der Waals surface area contributed by atoms with E-state index in [1.165, 1.54) is 5.69 Å². The molecule has 1 aromatic carbocycles. The zero-order valence-electron chi connectivity index (χ0n) is 11.3. The summed E-state index contributed by atoms with van der Waals surface area (Å²) in [6, 6.07) is 6.60. The van der Waals surface area contributed by atoms with Crippen LogP contribution >= 0.6 is 0 Å². The Morgan fingerprint density at radius 3 is 2.61 bits per heavy atom. The van der Waals surface area contributed by atoms with Gasteiger partial charge in [-0.15, -0.1) is 0 Å². The first-order valence-corrected chi connectivity index (χ1v) is 6.77. The molecule has 0 unspecified atom stereocenters. The maximum atomic E-state index is 12.5. The minimum Gasteiger partial charge on any atom is -0.353 e. The molecule has 1 aliphatic heterocycles. The van der Waals surface area contributed by atoms with Crippen LogP contribution < -0.4 is 10.2 Å². The van der Waals surface area contributed by atoms with E-state index in [0.717, 1.165) is 30.5 Å². The zero-order chi connectivity index (χ0) is 12.9. The Bertz CT molecular complexity index is 503. The van der Waals surface area contributed by atoms with Crippen molar-refractivity contribution in [2.75, 3.05) is 10.2 Å². The quantitative estimate of drug-likeness (QED) is 0.823. The molecule has 0 atom stereocenters. The van der Waals surface area contributed by atoms with Crippen molar-refractivity contribution in [3.63, 3.8) is 0 Å². The molecule has 0 radical (unpaired) electrons. The van der Waals surface area contributed by atoms with Crippen LogP contribution in [0.3, 0.4) is 0 Å². The summed E-state index contributed by atoms with van der Waals surface area (Å²) in [4.78, 5) is 14.8. The number of nitrogens with one attached hydrogen (secondary N) is 1. The number of anilines is 2. The summed E-state index contributed by atoms with van der Waals surface area (Å²) >= 11 is 0. The van der Waals surface area contributed by atoms with Gasteiger partial charge in [-0.05, 0) is 51.7 Å². The molecular weight excluding hydrogens is 224 g/mol. The van der Waals surface area contributed by atoms with Crippen LogP contribution in [0, 0.1) is 6.92 Å². The van der Waals surface area contributed by atoms with Gasteiger partial charge in [0.05, 0.1) is 11.4 Å². The van der Waals surface area contributed by atoms with E-state index in [4.69, 9.17) is 0 Å². The number of hydrogen-bond acceptors (Lipinski definition) is 2. The first kappa shape index (κ1) is 11.6. The van der Waals surface area contributed by atoms with E-state index in [2.05, 4.69) is 49.2 Å². The number of amides is 1. The monoisotopic (exact) mass is 244 g/mol. The highest BCUT2D eigenvalue weighted by Gasteiger charge is 2.53. The number of rotatable bonds is 1. The molecule has 96 valence electrons. The molecule has 3 heteroatoms. The predicted molar refractivity (Wildman–Crippen MR) is 74.0 cm³/mol. The molecule has 1 N–H and O–H groups in total. The first-order valence-electron chi connectivity index (χ1n) is 6.77. The molecule has 1 saturated carbocycles. The van der Waals surface area contributed by atoms with Crippen molar-refractivity contribution in [1.82, 2.24) is 0 Å². The number of aryl methyl sites for hydroxylation is 1. The normalized spacial score (nSPS) is 20.7. The van der Waals surface area contributed by atoms with Gasteiger partial charge in [0.15, 0.2) is 0 Å². The van der Waals surface area contributed by atoms with Gasteiger partial charge in [-0.1, -0.05) is 12.1 Å². The minimum atomic E-state index is -0.283. The lowest BCUT2D eigenvalue weighted by atomic mass is 9.72. The van der Waals surface area contributed by atoms with Crippen LogP contribution in [0.15, 0.2) is 18.2 Å². The van der Waals surface area contributed by atoms with E-state index in [1.54, 1.807) is 0 Å². The van der Waals surface area contributed by atoms with Gasteiger partial charge < -0.3 is 10.2 Å². The average Bonchev–Trinajstić information content (AvgIpc) is 2.26. The number of carbonyl (C=O) groups is 1. The Balaban J connectivity index is 2.17. The van der Waals surface area contributed by atoms with Gasteiger partial charge in [0.25, 0.3) is 0 Å². The number of fused-ring (bicyclic) bond motifs is 1. The van der Waals surface area contributed by atoms with Gasteiger partial charge in [-0.25, -0.2) is 0 Å². The van der Waals surface area contributed by atoms with Crippen LogP contribution in [-0.2, 0) is 4.79 Å². The number of benzene rings is 1. The van der Waals surface area contributed by atoms with Gasteiger partial charge in [0.2, 0.25) is 5.91 Å². The largest absolute Gasteiger partial charge is 0.353 e. The number of nitrogens with zero attached hydrogens (tertiary/aromatic N) is 1. The van der Waals surface area contributed by atoms with Crippen LogP contribution in [-0.4, -0.2) is 17.5 Å².